The zero-order valence-electron chi connectivity index (χ0n) is 9.43. The van der Waals surface area contributed by atoms with Gasteiger partial charge in [0, 0.05) is 5.02 Å². The highest BCUT2D eigenvalue weighted by molar-refractivity contribution is 7.90. The molecule has 1 aromatic carbocycles. The number of nitrogens with one attached hydrogen (secondary N) is 1. The fourth-order valence-corrected chi connectivity index (χ4v) is 3.34. The van der Waals surface area contributed by atoms with Crippen molar-refractivity contribution in [2.24, 2.45) is 0 Å². The van der Waals surface area contributed by atoms with Gasteiger partial charge in [-0.25, -0.2) is 13.2 Å². The third-order valence-corrected chi connectivity index (χ3v) is 4.66. The Morgan fingerprint density at radius 2 is 1.85 bits per heavy atom. The number of benzene rings is 1. The van der Waals surface area contributed by atoms with Crippen molar-refractivity contribution < 1.29 is 12.8 Å². The Hall–Kier alpha value is -1.64. The molecule has 0 spiro atoms. The average molecular weight is 339 g/mol. The summed E-state index contributed by atoms with van der Waals surface area (Å²) >= 11 is 11.4. The predicted octanol–water partition coefficient (Wildman–Crippen LogP) is 1.22. The molecule has 2 aromatic rings. The van der Waals surface area contributed by atoms with Crippen LogP contribution in [0.5, 0.6) is 0 Å². The molecule has 10 heteroatoms. The first-order valence-electron chi connectivity index (χ1n) is 4.95. The van der Waals surface area contributed by atoms with Crippen molar-refractivity contribution in [2.45, 2.75) is 4.90 Å². The van der Waals surface area contributed by atoms with Crippen molar-refractivity contribution in [3.63, 3.8) is 0 Å². The highest BCUT2D eigenvalue weighted by Gasteiger charge is 2.23. The molecular weight excluding hydrogens is 334 g/mol. The number of hydrogen-bond donors (Lipinski definition) is 1. The van der Waals surface area contributed by atoms with E-state index < -0.39 is 32.0 Å². The van der Waals surface area contributed by atoms with Gasteiger partial charge < -0.3 is 0 Å². The average Bonchev–Trinajstić information content (AvgIpc) is 2.36. The summed E-state index contributed by atoms with van der Waals surface area (Å²) in [5.74, 6) is -1.42. The lowest BCUT2D eigenvalue weighted by Crippen LogP contribution is -2.35. The first-order valence-corrected chi connectivity index (χ1v) is 7.15. The van der Waals surface area contributed by atoms with Gasteiger partial charge in [-0.15, -0.1) is 0 Å². The van der Waals surface area contributed by atoms with Crippen molar-refractivity contribution in [1.82, 2.24) is 8.96 Å². The predicted molar refractivity (Wildman–Crippen MR) is 70.3 cm³/mol. The molecule has 0 amide bonds. The number of aromatic nitrogens is 2. The molecule has 0 fully saturated rings. The summed E-state index contributed by atoms with van der Waals surface area (Å²) in [6, 6.07) is 3.57. The van der Waals surface area contributed by atoms with Crippen LogP contribution in [0.2, 0.25) is 10.0 Å². The van der Waals surface area contributed by atoms with E-state index in [0.717, 1.165) is 6.07 Å². The number of hydrogen-bond acceptors (Lipinski definition) is 4. The summed E-state index contributed by atoms with van der Waals surface area (Å²) < 4.78 is 37.6. The van der Waals surface area contributed by atoms with Crippen molar-refractivity contribution in [3.8, 4) is 0 Å². The molecular formula is C10H5Cl2FN2O4S. The summed E-state index contributed by atoms with van der Waals surface area (Å²) in [5, 5.41) is -0.140. The van der Waals surface area contributed by atoms with Crippen LogP contribution >= 0.6 is 23.2 Å². The van der Waals surface area contributed by atoms with E-state index in [4.69, 9.17) is 23.2 Å². The third kappa shape index (κ3) is 2.49. The van der Waals surface area contributed by atoms with Crippen LogP contribution in [-0.4, -0.2) is 17.4 Å². The maximum absolute atomic E-state index is 13.2. The molecule has 20 heavy (non-hydrogen) atoms. The van der Waals surface area contributed by atoms with E-state index in [1.54, 1.807) is 0 Å². The van der Waals surface area contributed by atoms with Gasteiger partial charge in [0.1, 0.15) is 4.90 Å². The highest BCUT2D eigenvalue weighted by Crippen LogP contribution is 2.25. The standard InChI is InChI=1S/C10H5Cl2FN2O4S/c11-5-1-2-6(12)8(3-5)20(18,19)15-4-7(13)9(16)14-10(15)17/h1-4H,(H,14,16,17). The van der Waals surface area contributed by atoms with E-state index in [0.29, 0.717) is 0 Å². The zero-order chi connectivity index (χ0) is 15.1. The molecule has 1 N–H and O–H groups in total. The molecule has 1 heterocycles. The van der Waals surface area contributed by atoms with Crippen molar-refractivity contribution in [3.05, 3.63) is 61.1 Å². The van der Waals surface area contributed by atoms with Crippen LogP contribution < -0.4 is 11.2 Å². The second-order valence-electron chi connectivity index (χ2n) is 3.61. The molecule has 0 aliphatic heterocycles. The molecule has 106 valence electrons. The molecule has 2 rings (SSSR count). The SMILES string of the molecule is O=c1[nH]c(=O)n(S(=O)(=O)c2cc(Cl)ccc2Cl)cc1F. The Morgan fingerprint density at radius 1 is 1.20 bits per heavy atom. The largest absolute Gasteiger partial charge is 0.342 e. The maximum Gasteiger partial charge on any atom is 0.342 e. The van der Waals surface area contributed by atoms with Crippen LogP contribution in [0.3, 0.4) is 0 Å². The van der Waals surface area contributed by atoms with Crippen LogP contribution in [0.25, 0.3) is 0 Å². The minimum absolute atomic E-state index is 0.0429. The number of halogens is 3. The Labute approximate surface area is 121 Å². The molecule has 0 saturated heterocycles. The van der Waals surface area contributed by atoms with Crippen LogP contribution in [0.1, 0.15) is 0 Å². The van der Waals surface area contributed by atoms with E-state index in [1.165, 1.54) is 17.1 Å². The lowest BCUT2D eigenvalue weighted by Gasteiger charge is -2.08. The smallest absolute Gasteiger partial charge is 0.271 e. The Bertz CT molecular complexity index is 904. The second kappa shape index (κ2) is 5.04. The van der Waals surface area contributed by atoms with E-state index >= 15 is 0 Å². The van der Waals surface area contributed by atoms with E-state index in [-0.39, 0.29) is 20.2 Å². The fourth-order valence-electron chi connectivity index (χ4n) is 1.39. The van der Waals surface area contributed by atoms with Crippen molar-refractivity contribution in [2.75, 3.05) is 0 Å². The van der Waals surface area contributed by atoms with Gasteiger partial charge in [-0.3, -0.25) is 9.78 Å². The van der Waals surface area contributed by atoms with Crippen molar-refractivity contribution in [1.29, 1.82) is 0 Å². The minimum Gasteiger partial charge on any atom is -0.271 e. The third-order valence-electron chi connectivity index (χ3n) is 2.30. The number of H-pyrrole nitrogens is 1. The topological polar surface area (TPSA) is 89.0 Å². The molecule has 0 aliphatic carbocycles. The second-order valence-corrected chi connectivity index (χ2v) is 6.24. The molecule has 6 nitrogen and oxygen atoms in total. The number of nitrogens with zero attached hydrogens (tertiary/aromatic N) is 1. The van der Waals surface area contributed by atoms with Gasteiger partial charge in [-0.05, 0) is 18.2 Å². The molecule has 0 saturated carbocycles. The molecule has 0 unspecified atom stereocenters. The molecule has 0 radical (unpaired) electrons. The lowest BCUT2D eigenvalue weighted by atomic mass is 10.4. The number of rotatable bonds is 2. The van der Waals surface area contributed by atoms with Crippen LogP contribution in [0.4, 0.5) is 4.39 Å². The normalized spacial score (nSPS) is 11.6. The zero-order valence-corrected chi connectivity index (χ0v) is 11.8. The van der Waals surface area contributed by atoms with Crippen LogP contribution in [-0.2, 0) is 10.0 Å². The lowest BCUT2D eigenvalue weighted by molar-refractivity contribution is 0.564. The Balaban J connectivity index is 2.80. The van der Waals surface area contributed by atoms with E-state index in [9.17, 15) is 22.4 Å². The van der Waals surface area contributed by atoms with Gasteiger partial charge >= 0.3 is 5.69 Å². The van der Waals surface area contributed by atoms with Crippen LogP contribution in [0, 0.1) is 5.82 Å². The maximum atomic E-state index is 13.2. The van der Waals surface area contributed by atoms with Gasteiger partial charge in [0.05, 0.1) is 11.2 Å². The van der Waals surface area contributed by atoms with Gasteiger partial charge in [0.25, 0.3) is 15.6 Å². The van der Waals surface area contributed by atoms with Gasteiger partial charge in [0.2, 0.25) is 5.82 Å². The monoisotopic (exact) mass is 338 g/mol. The summed E-state index contributed by atoms with van der Waals surface area (Å²) in [5.41, 5.74) is -2.63. The molecule has 0 aliphatic rings. The number of aromatic amines is 1. The molecule has 1 aromatic heterocycles. The first kappa shape index (κ1) is 14.8. The van der Waals surface area contributed by atoms with E-state index in [2.05, 4.69) is 0 Å². The minimum atomic E-state index is -4.48. The van der Waals surface area contributed by atoms with Crippen molar-refractivity contribution >= 4 is 33.2 Å². The Kier molecular flexibility index (Phi) is 3.72. The van der Waals surface area contributed by atoms with Gasteiger partial charge in [-0.1, -0.05) is 23.2 Å². The molecule has 0 atom stereocenters. The summed E-state index contributed by atoms with van der Waals surface area (Å²) in [6.07, 6.45) is 0.272. The van der Waals surface area contributed by atoms with Crippen LogP contribution in [0.15, 0.2) is 38.9 Å². The quantitative estimate of drug-likeness (QED) is 0.891. The van der Waals surface area contributed by atoms with Gasteiger partial charge in [0.15, 0.2) is 0 Å². The summed E-state index contributed by atoms with van der Waals surface area (Å²) in [4.78, 5) is 23.4. The van der Waals surface area contributed by atoms with E-state index in [1.807, 2.05) is 0 Å². The summed E-state index contributed by atoms with van der Waals surface area (Å²) in [6.45, 7) is 0. The summed E-state index contributed by atoms with van der Waals surface area (Å²) in [7, 11) is -4.48. The fraction of sp³-hybridized carbons (Fsp3) is 0. The first-order chi connectivity index (χ1) is 9.23. The Morgan fingerprint density at radius 3 is 2.50 bits per heavy atom. The van der Waals surface area contributed by atoms with Gasteiger partial charge in [-0.2, -0.15) is 8.36 Å². The highest BCUT2D eigenvalue weighted by atomic mass is 35.5. The molecule has 0 bridgehead atoms.